The molecule has 4 aromatic carbocycles. The van der Waals surface area contributed by atoms with Crippen molar-refractivity contribution in [3.8, 4) is 17.3 Å². The number of aromatic nitrogens is 5. The molecule has 78 heavy (non-hydrogen) atoms. The SMILES string of the molecule is CC1(Oc2cc3c(-c4cc(N5CCC(OC6CCC(OC7CCN(c8ccc9c(c8F)CN(C8CCC(=O)NC8=O)C9=O)CC7)CC6)CC5)ncn4)nn(C(c4ccccc4)(c4ccccc4)c4ccccc4)c3cn2)CC1. The summed E-state index contributed by atoms with van der Waals surface area (Å²) in [7, 11) is 0. The number of hydrogen-bond acceptors (Lipinski definition) is 12. The van der Waals surface area contributed by atoms with Crippen LogP contribution in [-0.2, 0) is 31.1 Å². The van der Waals surface area contributed by atoms with E-state index in [1.54, 1.807) is 18.5 Å². The fourth-order valence-corrected chi connectivity index (χ4v) is 12.7. The van der Waals surface area contributed by atoms with Gasteiger partial charge in [0.15, 0.2) is 5.82 Å². The zero-order chi connectivity index (χ0) is 53.0. The van der Waals surface area contributed by atoms with Gasteiger partial charge in [-0.05, 0) is 106 Å². The first-order valence-electron chi connectivity index (χ1n) is 27.9. The highest BCUT2D eigenvalue weighted by Crippen LogP contribution is 2.46. The van der Waals surface area contributed by atoms with Crippen molar-refractivity contribution in [3.05, 3.63) is 161 Å². The molecule has 0 spiro atoms. The molecule has 3 aromatic heterocycles. The van der Waals surface area contributed by atoms with Crippen LogP contribution < -0.4 is 19.9 Å². The van der Waals surface area contributed by atoms with Crippen LogP contribution in [-0.4, -0.2) is 110 Å². The Bertz CT molecular complexity index is 3260. The maximum Gasteiger partial charge on any atom is 0.255 e. The number of fused-ring (bicyclic) bond motifs is 2. The Hall–Kier alpha value is -7.56. The summed E-state index contributed by atoms with van der Waals surface area (Å²) in [5.74, 6) is -0.215. The van der Waals surface area contributed by atoms with Gasteiger partial charge in [-0.15, -0.1) is 0 Å². The van der Waals surface area contributed by atoms with Crippen LogP contribution >= 0.6 is 0 Å². The predicted octanol–water partition coefficient (Wildman–Crippen LogP) is 9.54. The molecule has 400 valence electrons. The van der Waals surface area contributed by atoms with Crippen LogP contribution in [0.25, 0.3) is 22.3 Å². The van der Waals surface area contributed by atoms with Gasteiger partial charge in [-0.1, -0.05) is 91.0 Å². The Morgan fingerprint density at radius 3 is 1.82 bits per heavy atom. The second-order valence-electron chi connectivity index (χ2n) is 22.3. The Kier molecular flexibility index (Phi) is 13.2. The van der Waals surface area contributed by atoms with E-state index in [0.29, 0.717) is 30.2 Å². The number of pyridine rings is 1. The highest BCUT2D eigenvalue weighted by atomic mass is 19.1. The van der Waals surface area contributed by atoms with Crippen molar-refractivity contribution in [1.29, 1.82) is 0 Å². The Morgan fingerprint density at radius 2 is 1.24 bits per heavy atom. The monoisotopic (exact) mass is 1050 g/mol. The van der Waals surface area contributed by atoms with Crippen LogP contribution in [0.1, 0.15) is 117 Å². The third-order valence-corrected chi connectivity index (χ3v) is 17.2. The highest BCUT2D eigenvalue weighted by Gasteiger charge is 2.44. The summed E-state index contributed by atoms with van der Waals surface area (Å²) in [5, 5.41) is 8.81. The van der Waals surface area contributed by atoms with E-state index in [-0.39, 0.29) is 66.8 Å². The number of anilines is 2. The van der Waals surface area contributed by atoms with Crippen molar-refractivity contribution in [1.82, 2.24) is 34.9 Å². The molecule has 5 fully saturated rings. The van der Waals surface area contributed by atoms with E-state index in [2.05, 4.69) is 101 Å². The molecule has 16 heteroatoms. The molecule has 13 rings (SSSR count). The zero-order valence-electron chi connectivity index (χ0n) is 43.9. The van der Waals surface area contributed by atoms with Gasteiger partial charge in [0.2, 0.25) is 17.7 Å². The molecule has 6 aliphatic rings. The van der Waals surface area contributed by atoms with Gasteiger partial charge in [-0.2, -0.15) is 5.10 Å². The summed E-state index contributed by atoms with van der Waals surface area (Å²) in [6, 6.07) is 38.4. The molecule has 2 saturated carbocycles. The molecule has 2 aliphatic carbocycles. The lowest BCUT2D eigenvalue weighted by Gasteiger charge is -2.38. The van der Waals surface area contributed by atoms with Gasteiger partial charge in [-0.25, -0.2) is 24.0 Å². The fourth-order valence-electron chi connectivity index (χ4n) is 12.7. The van der Waals surface area contributed by atoms with E-state index in [9.17, 15) is 14.4 Å². The van der Waals surface area contributed by atoms with E-state index in [4.69, 9.17) is 34.3 Å². The van der Waals surface area contributed by atoms with Gasteiger partial charge in [0, 0.05) is 61.2 Å². The fraction of sp³-hybridized carbons (Fsp3) is 0.403. The van der Waals surface area contributed by atoms with E-state index >= 15 is 4.39 Å². The first kappa shape index (κ1) is 50.0. The third-order valence-electron chi connectivity index (χ3n) is 17.2. The molecule has 7 aromatic rings. The van der Waals surface area contributed by atoms with Crippen molar-refractivity contribution in [2.45, 2.75) is 132 Å². The number of nitrogens with zero attached hydrogens (tertiary/aromatic N) is 8. The van der Waals surface area contributed by atoms with Gasteiger partial charge >= 0.3 is 0 Å². The minimum Gasteiger partial charge on any atom is -0.471 e. The first-order chi connectivity index (χ1) is 38.1. The molecule has 3 amide bonds. The van der Waals surface area contributed by atoms with Crippen molar-refractivity contribution < 1.29 is 33.0 Å². The molecular formula is C62H64FN9O6. The summed E-state index contributed by atoms with van der Waals surface area (Å²) >= 11 is 0. The van der Waals surface area contributed by atoms with Crippen LogP contribution in [0.15, 0.2) is 128 Å². The van der Waals surface area contributed by atoms with Gasteiger partial charge in [-0.3, -0.25) is 19.7 Å². The summed E-state index contributed by atoms with van der Waals surface area (Å²) in [5.41, 5.74) is 5.46. The predicted molar refractivity (Wildman–Crippen MR) is 293 cm³/mol. The number of nitrogens with one attached hydrogen (secondary N) is 1. The Balaban J connectivity index is 0.650. The van der Waals surface area contributed by atoms with Crippen molar-refractivity contribution in [3.63, 3.8) is 0 Å². The van der Waals surface area contributed by atoms with E-state index in [0.717, 1.165) is 122 Å². The Labute approximate surface area is 453 Å². The smallest absolute Gasteiger partial charge is 0.255 e. The lowest BCUT2D eigenvalue weighted by atomic mass is 9.77. The van der Waals surface area contributed by atoms with Gasteiger partial charge < -0.3 is 28.9 Å². The minimum atomic E-state index is -0.872. The van der Waals surface area contributed by atoms with Crippen LogP contribution in [0.5, 0.6) is 5.88 Å². The third kappa shape index (κ3) is 9.46. The van der Waals surface area contributed by atoms with E-state index in [1.165, 1.54) is 4.90 Å². The molecule has 1 unspecified atom stereocenters. The lowest BCUT2D eigenvalue weighted by molar-refractivity contribution is -0.136. The van der Waals surface area contributed by atoms with Crippen LogP contribution in [0.2, 0.25) is 0 Å². The second kappa shape index (κ2) is 20.7. The minimum absolute atomic E-state index is 0.0147. The molecule has 0 radical (unpaired) electrons. The molecule has 15 nitrogen and oxygen atoms in total. The van der Waals surface area contributed by atoms with Crippen molar-refractivity contribution in [2.75, 3.05) is 36.0 Å². The van der Waals surface area contributed by atoms with Crippen molar-refractivity contribution >= 4 is 40.1 Å². The highest BCUT2D eigenvalue weighted by molar-refractivity contribution is 6.05. The molecule has 0 bridgehead atoms. The standard InChI is InChI=1S/C62H64FN9O6/c1-61(29-30-61)78-56-35-48-53(37-64-56)72(62(40-11-5-2-6-12-40,41-13-7-3-8-14-41)42-15-9-4-10-16-42)68-58(48)50-36-54(66-39-65-50)70-33-27-46(28-34-70)77-44-19-17-43(18-20-44)76-45-25-31-69(32-26-45)51-22-21-47-49(57(51)63)38-71(60(47)75)52-23-24-55(73)67-59(52)74/h2-16,21-22,35-37,39,43-46,52H,17-20,23-34,38H2,1H3,(H,67,73,74). The summed E-state index contributed by atoms with van der Waals surface area (Å²) in [6.07, 6.45) is 13.7. The number of amides is 3. The number of benzene rings is 4. The number of piperidine rings is 3. The first-order valence-corrected chi connectivity index (χ1v) is 27.9. The average Bonchev–Trinajstić information content (AvgIpc) is 4.14. The zero-order valence-corrected chi connectivity index (χ0v) is 43.9. The number of carbonyl (C=O) groups excluding carboxylic acids is 3. The van der Waals surface area contributed by atoms with Crippen LogP contribution in [0, 0.1) is 5.82 Å². The average molecular weight is 1050 g/mol. The number of halogens is 1. The number of carbonyl (C=O) groups is 3. The van der Waals surface area contributed by atoms with Crippen molar-refractivity contribution in [2.24, 2.45) is 0 Å². The lowest BCUT2D eigenvalue weighted by Crippen LogP contribution is -2.52. The summed E-state index contributed by atoms with van der Waals surface area (Å²) in [4.78, 5) is 57.9. The maximum absolute atomic E-state index is 16.1. The molecule has 1 atom stereocenters. The molecule has 7 heterocycles. The quantitative estimate of drug-likeness (QED) is 0.0814. The molecular weight excluding hydrogens is 986 g/mol. The van der Waals surface area contributed by atoms with Gasteiger partial charge in [0.05, 0.1) is 54.1 Å². The Morgan fingerprint density at radius 1 is 0.667 bits per heavy atom. The molecule has 3 saturated heterocycles. The number of hydrogen-bond donors (Lipinski definition) is 1. The second-order valence-corrected chi connectivity index (χ2v) is 22.3. The normalized spacial score (nSPS) is 21.9. The number of ether oxygens (including phenoxy) is 3. The molecule has 1 N–H and O–H groups in total. The largest absolute Gasteiger partial charge is 0.471 e. The molecule has 4 aliphatic heterocycles. The van der Waals surface area contributed by atoms with Gasteiger partial charge in [0.1, 0.15) is 35.0 Å². The van der Waals surface area contributed by atoms with E-state index < -0.39 is 23.3 Å². The van der Waals surface area contributed by atoms with Crippen LogP contribution in [0.3, 0.4) is 0 Å². The van der Waals surface area contributed by atoms with Crippen LogP contribution in [0.4, 0.5) is 15.9 Å². The summed E-state index contributed by atoms with van der Waals surface area (Å²) < 4.78 is 38.2. The van der Waals surface area contributed by atoms with E-state index in [1.807, 2.05) is 35.4 Å². The number of imide groups is 1. The number of rotatable bonds is 14. The van der Waals surface area contributed by atoms with Gasteiger partial charge in [0.25, 0.3) is 5.91 Å². The maximum atomic E-state index is 16.1. The summed E-state index contributed by atoms with van der Waals surface area (Å²) in [6.45, 7) is 5.05. The topological polar surface area (TPSA) is 157 Å².